The Morgan fingerprint density at radius 3 is 2.26 bits per heavy atom. The topological polar surface area (TPSA) is 99.2 Å². The first kappa shape index (κ1) is 23.1. The zero-order chi connectivity index (χ0) is 22.6. The first-order valence-corrected chi connectivity index (χ1v) is 11.3. The van der Waals surface area contributed by atoms with E-state index >= 15 is 0 Å². The molecule has 0 radical (unpaired) electrons. The maximum atomic E-state index is 12.8. The van der Waals surface area contributed by atoms with Crippen LogP contribution in [0.3, 0.4) is 0 Å². The number of hydrogen-bond donors (Lipinski definition) is 0. The normalized spacial score (nSPS) is 14.3. The molecule has 0 aliphatic carbocycles. The van der Waals surface area contributed by atoms with Crippen LogP contribution < -0.4 is 9.47 Å². The van der Waals surface area contributed by atoms with Crippen LogP contribution in [0, 0.1) is 0 Å². The highest BCUT2D eigenvalue weighted by Gasteiger charge is 2.30. The van der Waals surface area contributed by atoms with E-state index in [4.69, 9.17) is 25.8 Å². The average molecular weight is 468 g/mol. The van der Waals surface area contributed by atoms with E-state index in [-0.39, 0.29) is 21.0 Å². The van der Waals surface area contributed by atoms with Gasteiger partial charge in [-0.3, -0.25) is 4.79 Å². The lowest BCUT2D eigenvalue weighted by Gasteiger charge is -2.17. The van der Waals surface area contributed by atoms with Crippen molar-refractivity contribution in [3.05, 3.63) is 52.5 Å². The van der Waals surface area contributed by atoms with Crippen LogP contribution in [0.5, 0.6) is 11.5 Å². The highest BCUT2D eigenvalue weighted by molar-refractivity contribution is 7.89. The number of carbonyl (C=O) groups is 2. The largest absolute Gasteiger partial charge is 0.493 e. The molecule has 0 saturated carbocycles. The predicted octanol–water partition coefficient (Wildman–Crippen LogP) is 3.18. The molecule has 0 N–H and O–H groups in total. The lowest BCUT2D eigenvalue weighted by molar-refractivity contribution is 0.0474. The second-order valence-corrected chi connectivity index (χ2v) is 9.14. The third-order valence-electron chi connectivity index (χ3n) is 4.89. The smallest absolute Gasteiger partial charge is 0.338 e. The van der Waals surface area contributed by atoms with Gasteiger partial charge in [0.1, 0.15) is 4.90 Å². The Morgan fingerprint density at radius 2 is 1.61 bits per heavy atom. The highest BCUT2D eigenvalue weighted by atomic mass is 35.5. The minimum absolute atomic E-state index is 0.0118. The van der Waals surface area contributed by atoms with Crippen molar-refractivity contribution in [3.63, 3.8) is 0 Å². The molecule has 1 heterocycles. The fourth-order valence-electron chi connectivity index (χ4n) is 3.20. The van der Waals surface area contributed by atoms with Gasteiger partial charge in [-0.2, -0.15) is 4.31 Å². The zero-order valence-electron chi connectivity index (χ0n) is 17.1. The molecule has 10 heteroatoms. The number of nitrogens with zero attached hydrogens (tertiary/aromatic N) is 1. The van der Waals surface area contributed by atoms with Crippen LogP contribution >= 0.6 is 11.6 Å². The molecule has 0 spiro atoms. The molecule has 2 aromatic carbocycles. The summed E-state index contributed by atoms with van der Waals surface area (Å²) in [6.07, 6.45) is 1.55. The number of halogens is 1. The Morgan fingerprint density at radius 1 is 0.968 bits per heavy atom. The molecule has 1 aliphatic heterocycles. The fourth-order valence-corrected chi connectivity index (χ4v) is 5.22. The molecule has 8 nitrogen and oxygen atoms in total. The molecule has 31 heavy (non-hydrogen) atoms. The number of sulfonamides is 1. The number of rotatable bonds is 8. The van der Waals surface area contributed by atoms with Crippen molar-refractivity contribution >= 4 is 33.4 Å². The average Bonchev–Trinajstić information content (AvgIpc) is 3.32. The van der Waals surface area contributed by atoms with Gasteiger partial charge in [0.15, 0.2) is 23.9 Å². The standard InChI is InChI=1S/C21H22ClNO7S/c1-28-18-8-6-14(11-19(18)29-2)17(24)13-30-21(25)15-5-7-16(22)20(12-15)31(26,27)23-9-3-4-10-23/h5-8,11-12H,3-4,9-10,13H2,1-2H3. The molecular formula is C21H22ClNO7S. The predicted molar refractivity (Wildman–Crippen MR) is 114 cm³/mol. The molecule has 1 fully saturated rings. The first-order valence-electron chi connectivity index (χ1n) is 9.50. The second kappa shape index (κ2) is 9.67. The molecule has 1 aliphatic rings. The lowest BCUT2D eigenvalue weighted by Crippen LogP contribution is -2.28. The van der Waals surface area contributed by atoms with Crippen molar-refractivity contribution in [1.82, 2.24) is 4.31 Å². The zero-order valence-corrected chi connectivity index (χ0v) is 18.7. The summed E-state index contributed by atoms with van der Waals surface area (Å²) >= 11 is 6.09. The quantitative estimate of drug-likeness (QED) is 0.434. The molecule has 2 aromatic rings. The summed E-state index contributed by atoms with van der Waals surface area (Å²) in [4.78, 5) is 24.7. The van der Waals surface area contributed by atoms with Gasteiger partial charge in [0, 0.05) is 18.7 Å². The van der Waals surface area contributed by atoms with Crippen LogP contribution in [0.1, 0.15) is 33.6 Å². The highest BCUT2D eigenvalue weighted by Crippen LogP contribution is 2.29. The SMILES string of the molecule is COc1ccc(C(=O)COC(=O)c2ccc(Cl)c(S(=O)(=O)N3CCCC3)c2)cc1OC. The van der Waals surface area contributed by atoms with Crippen molar-refractivity contribution < 1.29 is 32.2 Å². The minimum atomic E-state index is -3.81. The van der Waals surface area contributed by atoms with Crippen LogP contribution in [0.4, 0.5) is 0 Å². The Kier molecular flexibility index (Phi) is 7.19. The number of esters is 1. The second-order valence-electron chi connectivity index (χ2n) is 6.83. The summed E-state index contributed by atoms with van der Waals surface area (Å²) in [5.74, 6) is -0.449. The van der Waals surface area contributed by atoms with Gasteiger partial charge in [-0.25, -0.2) is 13.2 Å². The molecule has 0 unspecified atom stereocenters. The van der Waals surface area contributed by atoms with E-state index in [1.54, 1.807) is 6.07 Å². The third-order valence-corrected chi connectivity index (χ3v) is 7.27. The molecule has 166 valence electrons. The molecule has 0 atom stereocenters. The number of hydrogen-bond acceptors (Lipinski definition) is 7. The van der Waals surface area contributed by atoms with Crippen molar-refractivity contribution in [2.24, 2.45) is 0 Å². The van der Waals surface area contributed by atoms with Crippen LogP contribution in [0.15, 0.2) is 41.3 Å². The van der Waals surface area contributed by atoms with Gasteiger partial charge in [-0.1, -0.05) is 11.6 Å². The first-order chi connectivity index (χ1) is 14.8. The van der Waals surface area contributed by atoms with Gasteiger partial charge < -0.3 is 14.2 Å². The number of carbonyl (C=O) groups excluding carboxylic acids is 2. The molecule has 3 rings (SSSR count). The maximum absolute atomic E-state index is 12.8. The van der Waals surface area contributed by atoms with Crippen molar-refractivity contribution in [2.75, 3.05) is 33.9 Å². The van der Waals surface area contributed by atoms with Gasteiger partial charge in [0.05, 0.1) is 24.8 Å². The molecular weight excluding hydrogens is 446 g/mol. The number of ether oxygens (including phenoxy) is 3. The van der Waals surface area contributed by atoms with E-state index in [0.717, 1.165) is 12.8 Å². The van der Waals surface area contributed by atoms with Gasteiger partial charge in [0.2, 0.25) is 10.0 Å². The summed E-state index contributed by atoms with van der Waals surface area (Å²) in [6, 6.07) is 8.45. The Bertz CT molecular complexity index is 1090. The molecule has 0 bridgehead atoms. The van der Waals surface area contributed by atoms with E-state index in [1.165, 1.54) is 48.9 Å². The lowest BCUT2D eigenvalue weighted by atomic mass is 10.1. The Balaban J connectivity index is 1.73. The minimum Gasteiger partial charge on any atom is -0.493 e. The van der Waals surface area contributed by atoms with E-state index in [1.807, 2.05) is 0 Å². The van der Waals surface area contributed by atoms with Crippen molar-refractivity contribution in [2.45, 2.75) is 17.7 Å². The number of benzene rings is 2. The fraction of sp³-hybridized carbons (Fsp3) is 0.333. The maximum Gasteiger partial charge on any atom is 0.338 e. The van der Waals surface area contributed by atoms with Gasteiger partial charge in [-0.15, -0.1) is 0 Å². The van der Waals surface area contributed by atoms with Gasteiger partial charge in [-0.05, 0) is 49.2 Å². The summed E-state index contributed by atoms with van der Waals surface area (Å²) in [6.45, 7) is 0.297. The van der Waals surface area contributed by atoms with Gasteiger partial charge in [0.25, 0.3) is 0 Å². The van der Waals surface area contributed by atoms with Crippen molar-refractivity contribution in [1.29, 1.82) is 0 Å². The van der Waals surface area contributed by atoms with E-state index < -0.39 is 28.4 Å². The molecule has 0 aromatic heterocycles. The third kappa shape index (κ3) is 5.00. The van der Waals surface area contributed by atoms with E-state index in [9.17, 15) is 18.0 Å². The van der Waals surface area contributed by atoms with Gasteiger partial charge >= 0.3 is 5.97 Å². The number of ketones is 1. The van der Waals surface area contributed by atoms with Crippen LogP contribution in [-0.4, -0.2) is 58.4 Å². The van der Waals surface area contributed by atoms with Crippen molar-refractivity contribution in [3.8, 4) is 11.5 Å². The number of methoxy groups -OCH3 is 2. The molecule has 0 amide bonds. The van der Waals surface area contributed by atoms with Crippen LogP contribution in [-0.2, 0) is 14.8 Å². The summed E-state index contributed by atoms with van der Waals surface area (Å²) in [5.41, 5.74) is 0.265. The Labute approximate surface area is 185 Å². The Hall–Kier alpha value is -2.62. The van der Waals surface area contributed by atoms with E-state index in [0.29, 0.717) is 24.6 Å². The van der Waals surface area contributed by atoms with Crippen LogP contribution in [0.2, 0.25) is 5.02 Å². The molecule has 1 saturated heterocycles. The number of Topliss-reactive ketones (excluding diaryl/α,β-unsaturated/α-hetero) is 1. The summed E-state index contributed by atoms with van der Waals surface area (Å²) in [5, 5.41) is 0.0184. The summed E-state index contributed by atoms with van der Waals surface area (Å²) in [7, 11) is -0.891. The summed E-state index contributed by atoms with van der Waals surface area (Å²) < 4.78 is 42.3. The van der Waals surface area contributed by atoms with E-state index in [2.05, 4.69) is 0 Å². The monoisotopic (exact) mass is 467 g/mol. The van der Waals surface area contributed by atoms with Crippen LogP contribution in [0.25, 0.3) is 0 Å².